The molecule has 7 heteroatoms. The zero-order valence-corrected chi connectivity index (χ0v) is 17.8. The molecule has 0 aromatic heterocycles. The van der Waals surface area contributed by atoms with Crippen molar-refractivity contribution in [2.45, 2.75) is 18.9 Å². The summed E-state index contributed by atoms with van der Waals surface area (Å²) in [6.45, 7) is 2.63. The number of nitrogens with zero attached hydrogens (tertiary/aromatic N) is 2. The van der Waals surface area contributed by atoms with Crippen molar-refractivity contribution in [3.8, 4) is 5.75 Å². The molecule has 6 nitrogen and oxygen atoms in total. The summed E-state index contributed by atoms with van der Waals surface area (Å²) in [7, 11) is 1.55. The quantitative estimate of drug-likeness (QED) is 0.765. The van der Waals surface area contributed by atoms with Crippen molar-refractivity contribution < 1.29 is 14.3 Å². The van der Waals surface area contributed by atoms with E-state index in [0.717, 1.165) is 18.4 Å². The standard InChI is InChI=1S/C23H26ClN3O3/c1-30-20-10-9-18(15-19(20)24)25-22(28)21(16-5-3-2-4-6-16)26-11-13-27(14-12-26)23(29)17-7-8-17/h2-6,9-10,15,17,21H,7-8,11-14H2,1H3,(H,25,28). The Hall–Kier alpha value is -2.57. The first kappa shape index (κ1) is 20.7. The average molecular weight is 428 g/mol. The largest absolute Gasteiger partial charge is 0.495 e. The van der Waals surface area contributed by atoms with Crippen LogP contribution in [0.3, 0.4) is 0 Å². The third-order valence-corrected chi connectivity index (χ3v) is 6.00. The molecule has 2 aliphatic rings. The molecule has 1 saturated carbocycles. The van der Waals surface area contributed by atoms with E-state index in [4.69, 9.17) is 16.3 Å². The van der Waals surface area contributed by atoms with Gasteiger partial charge in [0.2, 0.25) is 11.8 Å². The number of methoxy groups -OCH3 is 1. The highest BCUT2D eigenvalue weighted by Crippen LogP contribution is 2.32. The molecule has 2 fully saturated rings. The minimum atomic E-state index is -0.440. The second kappa shape index (κ2) is 9.06. The molecule has 1 aliphatic heterocycles. The van der Waals surface area contributed by atoms with Crippen LogP contribution in [0.2, 0.25) is 5.02 Å². The second-order valence-electron chi connectivity index (χ2n) is 7.79. The van der Waals surface area contributed by atoms with Crippen molar-refractivity contribution in [3.63, 3.8) is 0 Å². The van der Waals surface area contributed by atoms with Gasteiger partial charge < -0.3 is 15.0 Å². The van der Waals surface area contributed by atoms with Crippen LogP contribution >= 0.6 is 11.6 Å². The molecule has 1 saturated heterocycles. The number of hydrogen-bond donors (Lipinski definition) is 1. The molecule has 1 N–H and O–H groups in total. The Kier molecular flexibility index (Phi) is 6.25. The molecular weight excluding hydrogens is 402 g/mol. The monoisotopic (exact) mass is 427 g/mol. The van der Waals surface area contributed by atoms with Gasteiger partial charge in [0.15, 0.2) is 0 Å². The Morgan fingerprint density at radius 1 is 1.07 bits per heavy atom. The topological polar surface area (TPSA) is 61.9 Å². The highest BCUT2D eigenvalue weighted by molar-refractivity contribution is 6.32. The van der Waals surface area contributed by atoms with E-state index in [1.54, 1.807) is 25.3 Å². The first-order valence-corrected chi connectivity index (χ1v) is 10.7. The molecule has 2 aromatic rings. The van der Waals surface area contributed by atoms with Crippen molar-refractivity contribution in [2.75, 3.05) is 38.6 Å². The van der Waals surface area contributed by atoms with Gasteiger partial charge in [0, 0.05) is 37.8 Å². The lowest BCUT2D eigenvalue weighted by atomic mass is 10.0. The van der Waals surface area contributed by atoms with Crippen LogP contribution in [-0.2, 0) is 9.59 Å². The summed E-state index contributed by atoms with van der Waals surface area (Å²) in [5, 5.41) is 3.43. The number of benzene rings is 2. The number of ether oxygens (including phenoxy) is 1. The van der Waals surface area contributed by atoms with Gasteiger partial charge in [-0.3, -0.25) is 14.5 Å². The molecule has 1 heterocycles. The number of piperazine rings is 1. The number of nitrogens with one attached hydrogen (secondary N) is 1. The molecule has 0 bridgehead atoms. The number of halogens is 1. The van der Waals surface area contributed by atoms with Crippen LogP contribution in [0.5, 0.6) is 5.75 Å². The molecule has 0 spiro atoms. The minimum absolute atomic E-state index is 0.121. The van der Waals surface area contributed by atoms with Gasteiger partial charge in [-0.2, -0.15) is 0 Å². The molecular formula is C23H26ClN3O3. The highest BCUT2D eigenvalue weighted by Gasteiger charge is 2.37. The maximum atomic E-state index is 13.3. The Bertz CT molecular complexity index is 909. The van der Waals surface area contributed by atoms with Crippen LogP contribution in [-0.4, -0.2) is 54.9 Å². The van der Waals surface area contributed by atoms with E-state index in [1.165, 1.54) is 0 Å². The van der Waals surface area contributed by atoms with Gasteiger partial charge in [-0.1, -0.05) is 41.9 Å². The molecule has 1 unspecified atom stereocenters. The van der Waals surface area contributed by atoms with Crippen LogP contribution in [0.15, 0.2) is 48.5 Å². The first-order valence-electron chi connectivity index (χ1n) is 10.3. The van der Waals surface area contributed by atoms with Crippen molar-refractivity contribution in [1.82, 2.24) is 9.80 Å². The third-order valence-electron chi connectivity index (χ3n) is 5.70. The minimum Gasteiger partial charge on any atom is -0.495 e. The van der Waals surface area contributed by atoms with Gasteiger partial charge in [0.1, 0.15) is 11.8 Å². The van der Waals surface area contributed by atoms with Crippen molar-refractivity contribution >= 4 is 29.1 Å². The lowest BCUT2D eigenvalue weighted by Crippen LogP contribution is -2.52. The van der Waals surface area contributed by atoms with E-state index in [-0.39, 0.29) is 17.7 Å². The van der Waals surface area contributed by atoms with E-state index in [1.807, 2.05) is 35.2 Å². The van der Waals surface area contributed by atoms with E-state index in [9.17, 15) is 9.59 Å². The molecule has 2 amide bonds. The Morgan fingerprint density at radius 3 is 2.37 bits per heavy atom. The van der Waals surface area contributed by atoms with Crippen LogP contribution in [0.1, 0.15) is 24.4 Å². The van der Waals surface area contributed by atoms with Crippen LogP contribution < -0.4 is 10.1 Å². The molecule has 1 atom stereocenters. The molecule has 1 aliphatic carbocycles. The summed E-state index contributed by atoms with van der Waals surface area (Å²) in [6.07, 6.45) is 2.02. The van der Waals surface area contributed by atoms with Crippen LogP contribution in [0.25, 0.3) is 0 Å². The summed E-state index contributed by atoms with van der Waals surface area (Å²) in [5.41, 5.74) is 1.55. The van der Waals surface area contributed by atoms with E-state index < -0.39 is 6.04 Å². The van der Waals surface area contributed by atoms with Gasteiger partial charge >= 0.3 is 0 Å². The fourth-order valence-corrected chi connectivity index (χ4v) is 4.16. The van der Waals surface area contributed by atoms with Crippen LogP contribution in [0.4, 0.5) is 5.69 Å². The summed E-state index contributed by atoms with van der Waals surface area (Å²) >= 11 is 6.21. The van der Waals surface area contributed by atoms with Gasteiger partial charge in [-0.25, -0.2) is 0 Å². The SMILES string of the molecule is COc1ccc(NC(=O)C(c2ccccc2)N2CCN(C(=O)C3CC3)CC2)cc1Cl. The second-order valence-corrected chi connectivity index (χ2v) is 8.19. The van der Waals surface area contributed by atoms with Gasteiger partial charge in [0.05, 0.1) is 12.1 Å². The Labute approximate surface area is 181 Å². The fraction of sp³-hybridized carbons (Fsp3) is 0.391. The number of rotatable bonds is 6. The van der Waals surface area contributed by atoms with E-state index >= 15 is 0 Å². The fourth-order valence-electron chi connectivity index (χ4n) is 3.91. The number of amides is 2. The number of anilines is 1. The zero-order chi connectivity index (χ0) is 21.1. The predicted molar refractivity (Wildman–Crippen MR) is 117 cm³/mol. The summed E-state index contributed by atoms with van der Waals surface area (Å²) < 4.78 is 5.18. The lowest BCUT2D eigenvalue weighted by molar-refractivity contribution is -0.135. The molecule has 158 valence electrons. The van der Waals surface area contributed by atoms with Crippen LogP contribution in [0, 0.1) is 5.92 Å². The predicted octanol–water partition coefficient (Wildman–Crippen LogP) is 3.58. The maximum Gasteiger partial charge on any atom is 0.246 e. The summed E-state index contributed by atoms with van der Waals surface area (Å²) in [4.78, 5) is 29.8. The summed E-state index contributed by atoms with van der Waals surface area (Å²) in [6, 6.07) is 14.5. The zero-order valence-electron chi connectivity index (χ0n) is 17.0. The average Bonchev–Trinajstić information content (AvgIpc) is 3.60. The van der Waals surface area contributed by atoms with Crippen molar-refractivity contribution in [2.24, 2.45) is 5.92 Å². The van der Waals surface area contributed by atoms with Crippen molar-refractivity contribution in [3.05, 3.63) is 59.1 Å². The van der Waals surface area contributed by atoms with E-state index in [2.05, 4.69) is 10.2 Å². The number of carbonyl (C=O) groups excluding carboxylic acids is 2. The molecule has 2 aromatic carbocycles. The van der Waals surface area contributed by atoms with Crippen molar-refractivity contribution in [1.29, 1.82) is 0 Å². The normalized spacial score (nSPS) is 18.0. The number of carbonyl (C=O) groups is 2. The maximum absolute atomic E-state index is 13.3. The third kappa shape index (κ3) is 4.60. The Balaban J connectivity index is 1.49. The highest BCUT2D eigenvalue weighted by atomic mass is 35.5. The molecule has 4 rings (SSSR count). The molecule has 30 heavy (non-hydrogen) atoms. The van der Waals surface area contributed by atoms with Gasteiger partial charge in [-0.05, 0) is 36.6 Å². The number of hydrogen-bond acceptors (Lipinski definition) is 4. The van der Waals surface area contributed by atoms with E-state index in [0.29, 0.717) is 42.6 Å². The smallest absolute Gasteiger partial charge is 0.246 e. The first-order chi connectivity index (χ1) is 14.6. The lowest BCUT2D eigenvalue weighted by Gasteiger charge is -2.39. The van der Waals surface area contributed by atoms with Gasteiger partial charge in [-0.15, -0.1) is 0 Å². The van der Waals surface area contributed by atoms with Gasteiger partial charge in [0.25, 0.3) is 0 Å². The summed E-state index contributed by atoms with van der Waals surface area (Å²) in [5.74, 6) is 0.933. The Morgan fingerprint density at radius 2 is 1.77 bits per heavy atom. The molecule has 0 radical (unpaired) electrons.